The zero-order valence-electron chi connectivity index (χ0n) is 21.4. The Balaban J connectivity index is 1.85. The third-order valence-electron chi connectivity index (χ3n) is 5.69. The van der Waals surface area contributed by atoms with Crippen molar-refractivity contribution in [2.24, 2.45) is 0 Å². The Morgan fingerprint density at radius 2 is 1.61 bits per heavy atom. The average molecular weight is 493 g/mol. The molecular formula is C29H36N2O5. The molecule has 0 saturated heterocycles. The third-order valence-corrected chi connectivity index (χ3v) is 5.69. The second-order valence-corrected chi connectivity index (χ2v) is 9.68. The zero-order valence-corrected chi connectivity index (χ0v) is 21.4. The molecule has 3 rings (SSSR count). The molecule has 1 amide bonds. The van der Waals surface area contributed by atoms with E-state index in [0.717, 1.165) is 21.9 Å². The van der Waals surface area contributed by atoms with Gasteiger partial charge in [-0.3, -0.25) is 10.1 Å². The Kier molecular flexibility index (Phi) is 9.44. The van der Waals surface area contributed by atoms with E-state index in [1.165, 1.54) is 0 Å². The Morgan fingerprint density at radius 1 is 0.944 bits per heavy atom. The SMILES string of the molecule is CCOC(=O)[C@H](NCc1cccc2ccccc12)[C@H](O)[C@H](Cc1ccccc1)NC(=O)OC(C)(C)C. The molecule has 3 aromatic rings. The van der Waals surface area contributed by atoms with Crippen molar-refractivity contribution in [1.82, 2.24) is 10.6 Å². The summed E-state index contributed by atoms with van der Waals surface area (Å²) in [5.41, 5.74) is 1.17. The van der Waals surface area contributed by atoms with Gasteiger partial charge in [0.15, 0.2) is 0 Å². The van der Waals surface area contributed by atoms with Crippen LogP contribution in [0.4, 0.5) is 4.79 Å². The van der Waals surface area contributed by atoms with Gasteiger partial charge in [0.1, 0.15) is 17.7 Å². The van der Waals surface area contributed by atoms with Crippen LogP contribution >= 0.6 is 0 Å². The van der Waals surface area contributed by atoms with E-state index in [9.17, 15) is 14.7 Å². The van der Waals surface area contributed by atoms with Gasteiger partial charge in [-0.25, -0.2) is 4.79 Å². The summed E-state index contributed by atoms with van der Waals surface area (Å²) in [5, 5.41) is 19.5. The van der Waals surface area contributed by atoms with E-state index in [1.807, 2.05) is 72.8 Å². The number of benzene rings is 3. The quantitative estimate of drug-likeness (QED) is 0.364. The predicted octanol–water partition coefficient (Wildman–Crippen LogP) is 4.36. The summed E-state index contributed by atoms with van der Waals surface area (Å²) < 4.78 is 10.7. The Hall–Kier alpha value is -3.42. The fourth-order valence-electron chi connectivity index (χ4n) is 4.06. The molecule has 0 unspecified atom stereocenters. The summed E-state index contributed by atoms with van der Waals surface area (Å²) in [7, 11) is 0. The van der Waals surface area contributed by atoms with Crippen molar-refractivity contribution < 1.29 is 24.2 Å². The smallest absolute Gasteiger partial charge is 0.407 e. The molecule has 0 radical (unpaired) electrons. The van der Waals surface area contributed by atoms with Crippen LogP contribution in [0.2, 0.25) is 0 Å². The molecule has 192 valence electrons. The topological polar surface area (TPSA) is 96.9 Å². The Labute approximate surface area is 212 Å². The van der Waals surface area contributed by atoms with Gasteiger partial charge < -0.3 is 19.9 Å². The molecule has 7 nitrogen and oxygen atoms in total. The van der Waals surface area contributed by atoms with Gasteiger partial charge in [0.05, 0.1) is 12.6 Å². The lowest BCUT2D eigenvalue weighted by molar-refractivity contribution is -0.149. The minimum absolute atomic E-state index is 0.168. The zero-order chi connectivity index (χ0) is 26.1. The van der Waals surface area contributed by atoms with Crippen LogP contribution in [0.1, 0.15) is 38.8 Å². The van der Waals surface area contributed by atoms with E-state index in [4.69, 9.17) is 9.47 Å². The number of ether oxygens (including phenoxy) is 2. The van der Waals surface area contributed by atoms with E-state index < -0.39 is 35.9 Å². The highest BCUT2D eigenvalue weighted by atomic mass is 16.6. The normalized spacial score (nSPS) is 14.0. The van der Waals surface area contributed by atoms with E-state index >= 15 is 0 Å². The second kappa shape index (κ2) is 12.5. The highest BCUT2D eigenvalue weighted by molar-refractivity contribution is 5.85. The molecule has 7 heteroatoms. The maximum atomic E-state index is 13.0. The fourth-order valence-corrected chi connectivity index (χ4v) is 4.06. The minimum Gasteiger partial charge on any atom is -0.465 e. The van der Waals surface area contributed by atoms with Crippen LogP contribution in [0.15, 0.2) is 72.8 Å². The van der Waals surface area contributed by atoms with E-state index in [-0.39, 0.29) is 6.61 Å². The van der Waals surface area contributed by atoms with Crippen molar-refractivity contribution in [3.63, 3.8) is 0 Å². The molecule has 36 heavy (non-hydrogen) atoms. The van der Waals surface area contributed by atoms with Gasteiger partial charge >= 0.3 is 12.1 Å². The first kappa shape index (κ1) is 27.2. The summed E-state index contributed by atoms with van der Waals surface area (Å²) in [6.45, 7) is 7.51. The molecule has 0 aliphatic carbocycles. The van der Waals surface area contributed by atoms with Crippen molar-refractivity contribution in [2.75, 3.05) is 6.61 Å². The van der Waals surface area contributed by atoms with Gasteiger partial charge in [0, 0.05) is 6.54 Å². The highest BCUT2D eigenvalue weighted by Crippen LogP contribution is 2.19. The summed E-state index contributed by atoms with van der Waals surface area (Å²) in [4.78, 5) is 25.6. The number of nitrogens with one attached hydrogen (secondary N) is 2. The molecule has 3 atom stereocenters. The largest absolute Gasteiger partial charge is 0.465 e. The van der Waals surface area contributed by atoms with Crippen molar-refractivity contribution in [3.8, 4) is 0 Å². The van der Waals surface area contributed by atoms with Crippen LogP contribution in [-0.2, 0) is 27.2 Å². The first-order chi connectivity index (χ1) is 17.2. The lowest BCUT2D eigenvalue weighted by atomic mass is 9.95. The number of carbonyl (C=O) groups excluding carboxylic acids is 2. The number of esters is 1. The average Bonchev–Trinajstić information content (AvgIpc) is 2.83. The van der Waals surface area contributed by atoms with Crippen molar-refractivity contribution in [3.05, 3.63) is 83.9 Å². The van der Waals surface area contributed by atoms with Crippen molar-refractivity contribution in [1.29, 1.82) is 0 Å². The van der Waals surface area contributed by atoms with Gasteiger partial charge in [-0.05, 0) is 56.0 Å². The second-order valence-electron chi connectivity index (χ2n) is 9.68. The molecule has 0 aliphatic heterocycles. The Morgan fingerprint density at radius 3 is 2.31 bits per heavy atom. The number of carbonyl (C=O) groups is 2. The number of rotatable bonds is 10. The summed E-state index contributed by atoms with van der Waals surface area (Å²) in [6, 6.07) is 21.5. The monoisotopic (exact) mass is 492 g/mol. The molecule has 0 saturated carbocycles. The van der Waals surface area contributed by atoms with E-state index in [2.05, 4.69) is 10.6 Å². The predicted molar refractivity (Wildman–Crippen MR) is 141 cm³/mol. The number of aliphatic hydroxyl groups excluding tert-OH is 1. The summed E-state index contributed by atoms with van der Waals surface area (Å²) >= 11 is 0. The van der Waals surface area contributed by atoms with Gasteiger partial charge in [-0.2, -0.15) is 0 Å². The lowest BCUT2D eigenvalue weighted by Crippen LogP contribution is -2.57. The maximum absolute atomic E-state index is 13.0. The maximum Gasteiger partial charge on any atom is 0.407 e. The Bertz CT molecular complexity index is 1140. The molecule has 0 heterocycles. The number of hydrogen-bond donors (Lipinski definition) is 3. The summed E-state index contributed by atoms with van der Waals surface area (Å²) in [6.07, 6.45) is -1.65. The van der Waals surface area contributed by atoms with Crippen LogP contribution in [0, 0.1) is 0 Å². The lowest BCUT2D eigenvalue weighted by Gasteiger charge is -2.31. The van der Waals surface area contributed by atoms with E-state index in [1.54, 1.807) is 27.7 Å². The van der Waals surface area contributed by atoms with Crippen molar-refractivity contribution >= 4 is 22.8 Å². The number of hydrogen-bond acceptors (Lipinski definition) is 6. The standard InChI is InChI=1S/C29H36N2O5/c1-5-35-27(33)25(30-19-22-16-11-15-21-14-9-10-17-23(21)22)26(32)24(18-20-12-7-6-8-13-20)31-28(34)36-29(2,3)4/h6-17,24-26,30,32H,5,18-19H2,1-4H3,(H,31,34)/t24-,25+,26+/m0/s1. The van der Waals surface area contributed by atoms with Gasteiger partial charge in [-0.15, -0.1) is 0 Å². The highest BCUT2D eigenvalue weighted by Gasteiger charge is 2.35. The van der Waals surface area contributed by atoms with Gasteiger partial charge in [0.25, 0.3) is 0 Å². The van der Waals surface area contributed by atoms with Gasteiger partial charge in [-0.1, -0.05) is 72.8 Å². The van der Waals surface area contributed by atoms with Crippen LogP contribution in [-0.4, -0.2) is 47.6 Å². The number of amides is 1. The van der Waals surface area contributed by atoms with Crippen LogP contribution in [0.3, 0.4) is 0 Å². The molecule has 3 aromatic carbocycles. The fraction of sp³-hybridized carbons (Fsp3) is 0.379. The molecule has 3 N–H and O–H groups in total. The molecular weight excluding hydrogens is 456 g/mol. The first-order valence-electron chi connectivity index (χ1n) is 12.3. The number of fused-ring (bicyclic) bond motifs is 1. The number of alkyl carbamates (subject to hydrolysis) is 1. The molecule has 0 fully saturated rings. The van der Waals surface area contributed by atoms with Crippen LogP contribution in [0.5, 0.6) is 0 Å². The van der Waals surface area contributed by atoms with Crippen LogP contribution in [0.25, 0.3) is 10.8 Å². The molecule has 0 aromatic heterocycles. The molecule has 0 aliphatic rings. The summed E-state index contributed by atoms with van der Waals surface area (Å²) in [5.74, 6) is -0.589. The van der Waals surface area contributed by atoms with Crippen LogP contribution < -0.4 is 10.6 Å². The molecule has 0 bridgehead atoms. The van der Waals surface area contributed by atoms with Crippen molar-refractivity contribution in [2.45, 2.75) is 64.4 Å². The minimum atomic E-state index is -1.29. The first-order valence-corrected chi connectivity index (χ1v) is 12.3. The van der Waals surface area contributed by atoms with Gasteiger partial charge in [0.2, 0.25) is 0 Å². The number of aliphatic hydroxyl groups is 1. The molecule has 0 spiro atoms. The third kappa shape index (κ3) is 7.80. The van der Waals surface area contributed by atoms with E-state index in [0.29, 0.717) is 13.0 Å².